The monoisotopic (exact) mass is 279 g/mol. The molecule has 0 saturated heterocycles. The van der Waals surface area contributed by atoms with Gasteiger partial charge in [0, 0.05) is 16.6 Å². The third-order valence-corrected chi connectivity index (χ3v) is 3.17. The maximum atomic E-state index is 13.1. The molecule has 19 heavy (non-hydrogen) atoms. The Labute approximate surface area is 117 Å². The number of hydrogen-bond donors (Lipinski definition) is 1. The van der Waals surface area contributed by atoms with Crippen molar-refractivity contribution in [2.45, 2.75) is 12.5 Å². The third-order valence-electron chi connectivity index (χ3n) is 2.94. The number of hydrogen-bond acceptors (Lipinski definition) is 2. The second-order valence-electron chi connectivity index (χ2n) is 4.33. The molecule has 1 unspecified atom stereocenters. The van der Waals surface area contributed by atoms with E-state index in [-0.39, 0.29) is 11.9 Å². The minimum Gasteiger partial charge on any atom is -0.496 e. The Morgan fingerprint density at radius 3 is 2.74 bits per heavy atom. The Morgan fingerprint density at radius 2 is 2.05 bits per heavy atom. The van der Waals surface area contributed by atoms with E-state index in [2.05, 4.69) is 0 Å². The molecular weight excluding hydrogens is 265 g/mol. The van der Waals surface area contributed by atoms with Gasteiger partial charge in [0.15, 0.2) is 0 Å². The van der Waals surface area contributed by atoms with Crippen LogP contribution < -0.4 is 10.5 Å². The highest BCUT2D eigenvalue weighted by atomic mass is 35.5. The lowest BCUT2D eigenvalue weighted by molar-refractivity contribution is 0.405. The van der Waals surface area contributed by atoms with E-state index < -0.39 is 0 Å². The van der Waals surface area contributed by atoms with Crippen molar-refractivity contribution in [2.24, 2.45) is 5.73 Å². The minimum atomic E-state index is -0.296. The van der Waals surface area contributed by atoms with E-state index in [1.165, 1.54) is 12.1 Å². The van der Waals surface area contributed by atoms with Crippen LogP contribution in [0.15, 0.2) is 42.5 Å². The first kappa shape index (κ1) is 13.8. The fourth-order valence-corrected chi connectivity index (χ4v) is 2.20. The van der Waals surface area contributed by atoms with Gasteiger partial charge in [-0.2, -0.15) is 0 Å². The fraction of sp³-hybridized carbons (Fsp3) is 0.200. The Balaban J connectivity index is 2.24. The lowest BCUT2D eigenvalue weighted by Crippen LogP contribution is -2.14. The molecule has 0 aliphatic rings. The summed E-state index contributed by atoms with van der Waals surface area (Å²) in [6.45, 7) is 0. The summed E-state index contributed by atoms with van der Waals surface area (Å²) >= 11 is 5.97. The van der Waals surface area contributed by atoms with Crippen molar-refractivity contribution < 1.29 is 9.13 Å². The number of ether oxygens (including phenoxy) is 1. The topological polar surface area (TPSA) is 35.2 Å². The summed E-state index contributed by atoms with van der Waals surface area (Å²) in [4.78, 5) is 0. The molecule has 0 radical (unpaired) electrons. The van der Waals surface area contributed by atoms with Crippen LogP contribution in [0.3, 0.4) is 0 Å². The van der Waals surface area contributed by atoms with Gasteiger partial charge in [0.05, 0.1) is 7.11 Å². The van der Waals surface area contributed by atoms with Gasteiger partial charge in [0.25, 0.3) is 0 Å². The van der Waals surface area contributed by atoms with Crippen LogP contribution in [0.4, 0.5) is 4.39 Å². The molecule has 0 amide bonds. The molecule has 4 heteroatoms. The first-order chi connectivity index (χ1) is 9.10. The summed E-state index contributed by atoms with van der Waals surface area (Å²) in [5, 5.41) is 0.602. The first-order valence-electron chi connectivity index (χ1n) is 5.93. The molecule has 2 aromatic carbocycles. The summed E-state index contributed by atoms with van der Waals surface area (Å²) in [5.74, 6) is 0.427. The van der Waals surface area contributed by atoms with Gasteiger partial charge in [-0.25, -0.2) is 4.39 Å². The van der Waals surface area contributed by atoms with Crippen LogP contribution >= 0.6 is 11.6 Å². The van der Waals surface area contributed by atoms with Crippen molar-refractivity contribution in [3.05, 3.63) is 64.4 Å². The molecule has 0 saturated carbocycles. The van der Waals surface area contributed by atoms with Crippen LogP contribution in [0.25, 0.3) is 0 Å². The van der Waals surface area contributed by atoms with Crippen molar-refractivity contribution in [1.82, 2.24) is 0 Å². The standard InChI is InChI=1S/C15H15ClFNO/c1-19-15-6-5-11(16)9-13(15)14(18)8-10-3-2-4-12(17)7-10/h2-7,9,14H,8,18H2,1H3. The molecule has 1 atom stereocenters. The maximum absolute atomic E-state index is 13.1. The molecule has 0 fully saturated rings. The van der Waals surface area contributed by atoms with Crippen LogP contribution in [-0.4, -0.2) is 7.11 Å². The molecule has 0 aliphatic carbocycles. The van der Waals surface area contributed by atoms with E-state index in [4.69, 9.17) is 22.1 Å². The largest absolute Gasteiger partial charge is 0.496 e. The summed E-state index contributed by atoms with van der Waals surface area (Å²) < 4.78 is 18.4. The zero-order valence-electron chi connectivity index (χ0n) is 10.6. The smallest absolute Gasteiger partial charge is 0.123 e. The number of rotatable bonds is 4. The van der Waals surface area contributed by atoms with Crippen molar-refractivity contribution in [1.29, 1.82) is 0 Å². The molecule has 2 aromatic rings. The number of benzene rings is 2. The fourth-order valence-electron chi connectivity index (χ4n) is 2.02. The van der Waals surface area contributed by atoms with Crippen LogP contribution in [0.2, 0.25) is 5.02 Å². The summed E-state index contributed by atoms with van der Waals surface area (Å²) in [7, 11) is 1.58. The Kier molecular flexibility index (Phi) is 4.40. The van der Waals surface area contributed by atoms with Gasteiger partial charge in [-0.05, 0) is 42.3 Å². The van der Waals surface area contributed by atoms with Gasteiger partial charge < -0.3 is 10.5 Å². The quantitative estimate of drug-likeness (QED) is 0.925. The molecule has 2 rings (SSSR count). The van der Waals surface area contributed by atoms with Gasteiger partial charge in [-0.15, -0.1) is 0 Å². The molecule has 0 heterocycles. The molecule has 0 spiro atoms. The molecule has 2 N–H and O–H groups in total. The van der Waals surface area contributed by atoms with Gasteiger partial charge in [-0.3, -0.25) is 0 Å². The summed E-state index contributed by atoms with van der Waals surface area (Å²) in [5.41, 5.74) is 7.82. The number of nitrogens with two attached hydrogens (primary N) is 1. The first-order valence-corrected chi connectivity index (χ1v) is 6.31. The predicted molar refractivity (Wildman–Crippen MR) is 75.0 cm³/mol. The van der Waals surface area contributed by atoms with E-state index in [0.29, 0.717) is 17.2 Å². The maximum Gasteiger partial charge on any atom is 0.123 e. The Morgan fingerprint density at radius 1 is 1.26 bits per heavy atom. The highest BCUT2D eigenvalue weighted by Gasteiger charge is 2.13. The lowest BCUT2D eigenvalue weighted by atomic mass is 9.99. The van der Waals surface area contributed by atoms with Crippen molar-refractivity contribution in [3.63, 3.8) is 0 Å². The third kappa shape index (κ3) is 3.46. The summed E-state index contributed by atoms with van der Waals surface area (Å²) in [6.07, 6.45) is 0.522. The Hall–Kier alpha value is -1.58. The van der Waals surface area contributed by atoms with Crippen molar-refractivity contribution in [3.8, 4) is 5.75 Å². The van der Waals surface area contributed by atoms with Crippen molar-refractivity contribution in [2.75, 3.05) is 7.11 Å². The molecule has 0 bridgehead atoms. The second kappa shape index (κ2) is 6.04. The van der Waals surface area contributed by atoms with Crippen LogP contribution in [0, 0.1) is 5.82 Å². The zero-order valence-corrected chi connectivity index (χ0v) is 11.3. The van der Waals surface area contributed by atoms with E-state index in [9.17, 15) is 4.39 Å². The lowest BCUT2D eigenvalue weighted by Gasteiger charge is -2.16. The average Bonchev–Trinajstić information content (AvgIpc) is 2.38. The van der Waals surface area contributed by atoms with E-state index in [1.54, 1.807) is 31.4 Å². The van der Waals surface area contributed by atoms with Crippen LogP contribution in [0.1, 0.15) is 17.2 Å². The van der Waals surface area contributed by atoms with Gasteiger partial charge in [-0.1, -0.05) is 23.7 Å². The molecule has 2 nitrogen and oxygen atoms in total. The van der Waals surface area contributed by atoms with Crippen LogP contribution in [0.5, 0.6) is 5.75 Å². The molecule has 100 valence electrons. The highest BCUT2D eigenvalue weighted by molar-refractivity contribution is 6.30. The molecule has 0 aliphatic heterocycles. The van der Waals surface area contributed by atoms with Crippen molar-refractivity contribution >= 4 is 11.6 Å². The van der Waals surface area contributed by atoms with Gasteiger partial charge >= 0.3 is 0 Å². The minimum absolute atomic E-state index is 0.261. The second-order valence-corrected chi connectivity index (χ2v) is 4.76. The number of methoxy groups -OCH3 is 1. The van der Waals surface area contributed by atoms with Crippen LogP contribution in [-0.2, 0) is 6.42 Å². The molecular formula is C15H15ClFNO. The summed E-state index contributed by atoms with van der Waals surface area (Å²) in [6, 6.07) is 11.4. The van der Waals surface area contributed by atoms with E-state index in [1.807, 2.05) is 6.07 Å². The SMILES string of the molecule is COc1ccc(Cl)cc1C(N)Cc1cccc(F)c1. The average molecular weight is 280 g/mol. The van der Waals surface area contributed by atoms with E-state index >= 15 is 0 Å². The highest BCUT2D eigenvalue weighted by Crippen LogP contribution is 2.29. The Bertz CT molecular complexity index is 574. The van der Waals surface area contributed by atoms with Gasteiger partial charge in [0.2, 0.25) is 0 Å². The van der Waals surface area contributed by atoms with Gasteiger partial charge in [0.1, 0.15) is 11.6 Å². The normalized spacial score (nSPS) is 12.2. The van der Waals surface area contributed by atoms with E-state index in [0.717, 1.165) is 11.1 Å². The predicted octanol–water partition coefficient (Wildman–Crippen LogP) is 3.73. The molecule has 0 aromatic heterocycles. The number of halogens is 2. The zero-order chi connectivity index (χ0) is 13.8.